The molecule has 110 valence electrons. The lowest BCUT2D eigenvalue weighted by atomic mass is 10.2. The van der Waals surface area contributed by atoms with Gasteiger partial charge >= 0.3 is 5.97 Å². The van der Waals surface area contributed by atoms with E-state index in [1.54, 1.807) is 12.3 Å². The molecule has 7 nitrogen and oxygen atoms in total. The zero-order valence-electron chi connectivity index (χ0n) is 11.8. The molecule has 0 aliphatic rings. The smallest absolute Gasteiger partial charge is 0.303 e. The van der Waals surface area contributed by atoms with Crippen LogP contribution in [0.25, 0.3) is 0 Å². The van der Waals surface area contributed by atoms with E-state index in [0.717, 1.165) is 5.69 Å². The van der Waals surface area contributed by atoms with E-state index in [9.17, 15) is 9.59 Å². The first-order chi connectivity index (χ1) is 9.45. The molecule has 7 heteroatoms. The molecule has 0 unspecified atom stereocenters. The number of aromatic nitrogens is 1. The van der Waals surface area contributed by atoms with Gasteiger partial charge in [-0.25, -0.2) is 4.98 Å². The summed E-state index contributed by atoms with van der Waals surface area (Å²) >= 11 is 0. The molecule has 2 N–H and O–H groups in total. The molecule has 0 aromatic carbocycles. The van der Waals surface area contributed by atoms with Crippen LogP contribution in [0.4, 0.5) is 11.4 Å². The highest BCUT2D eigenvalue weighted by Gasteiger charge is 2.15. The van der Waals surface area contributed by atoms with Crippen LogP contribution in [0.2, 0.25) is 0 Å². The lowest BCUT2D eigenvalue weighted by Crippen LogP contribution is -2.18. The number of carboxylic acid groups (broad SMARTS) is 1. The quantitative estimate of drug-likeness (QED) is 0.784. The molecule has 0 saturated heterocycles. The van der Waals surface area contributed by atoms with Crippen LogP contribution in [0, 0.1) is 0 Å². The minimum Gasteiger partial charge on any atom is -0.481 e. The summed E-state index contributed by atoms with van der Waals surface area (Å²) in [5, 5.41) is 11.3. The lowest BCUT2D eigenvalue weighted by Gasteiger charge is -2.19. The Morgan fingerprint density at radius 1 is 1.40 bits per heavy atom. The Bertz CT molecular complexity index is 489. The number of nitrogens with zero attached hydrogens (tertiary/aromatic N) is 2. The van der Waals surface area contributed by atoms with Gasteiger partial charge in [-0.3, -0.25) is 9.59 Å². The largest absolute Gasteiger partial charge is 0.481 e. The number of amides is 1. The molecule has 0 aliphatic carbocycles. The summed E-state index contributed by atoms with van der Waals surface area (Å²) in [5.41, 5.74) is 1.25. The third-order valence-electron chi connectivity index (χ3n) is 2.63. The number of carbonyl (C=O) groups is 2. The molecular weight excluding hydrogens is 262 g/mol. The van der Waals surface area contributed by atoms with E-state index >= 15 is 0 Å². The van der Waals surface area contributed by atoms with Crippen molar-refractivity contribution in [3.8, 4) is 5.88 Å². The topological polar surface area (TPSA) is 91.8 Å². The minimum absolute atomic E-state index is 0.0296. The highest BCUT2D eigenvalue weighted by molar-refractivity contribution is 5.96. The molecule has 0 saturated carbocycles. The molecule has 0 atom stereocenters. The number of hydrogen-bond donors (Lipinski definition) is 2. The molecule has 1 aromatic rings. The van der Waals surface area contributed by atoms with Crippen molar-refractivity contribution in [3.05, 3.63) is 12.3 Å². The van der Waals surface area contributed by atoms with Crippen LogP contribution < -0.4 is 15.0 Å². The fraction of sp³-hybridized carbons (Fsp3) is 0.462. The second-order valence-electron chi connectivity index (χ2n) is 4.40. The normalized spacial score (nSPS) is 9.95. The molecule has 0 fully saturated rings. The van der Waals surface area contributed by atoms with Gasteiger partial charge in [-0.1, -0.05) is 0 Å². The maximum absolute atomic E-state index is 11.8. The monoisotopic (exact) mass is 281 g/mol. The van der Waals surface area contributed by atoms with Gasteiger partial charge < -0.3 is 20.1 Å². The number of rotatable bonds is 7. The van der Waals surface area contributed by atoms with E-state index in [2.05, 4.69) is 10.3 Å². The maximum atomic E-state index is 11.8. The fourth-order valence-corrected chi connectivity index (χ4v) is 1.68. The summed E-state index contributed by atoms with van der Waals surface area (Å²) in [6.07, 6.45) is 1.99. The van der Waals surface area contributed by atoms with Crippen LogP contribution in [0.3, 0.4) is 0 Å². The molecule has 0 aliphatic heterocycles. The molecule has 0 radical (unpaired) electrons. The number of carbonyl (C=O) groups excluding carboxylic acids is 1. The van der Waals surface area contributed by atoms with Crippen molar-refractivity contribution in [2.24, 2.45) is 0 Å². The highest BCUT2D eigenvalue weighted by atomic mass is 16.5. The van der Waals surface area contributed by atoms with Gasteiger partial charge in [0.2, 0.25) is 11.8 Å². The first kappa shape index (κ1) is 15.7. The van der Waals surface area contributed by atoms with Gasteiger partial charge in [0.15, 0.2) is 0 Å². The summed E-state index contributed by atoms with van der Waals surface area (Å²) < 4.78 is 5.13. The number of anilines is 2. The third kappa shape index (κ3) is 4.42. The second-order valence-corrected chi connectivity index (χ2v) is 4.40. The number of ether oxygens (including phenoxy) is 1. The van der Waals surface area contributed by atoms with Gasteiger partial charge in [0, 0.05) is 33.1 Å². The van der Waals surface area contributed by atoms with E-state index in [4.69, 9.17) is 9.84 Å². The van der Waals surface area contributed by atoms with Crippen LogP contribution in [-0.4, -0.2) is 43.2 Å². The van der Waals surface area contributed by atoms with Crippen LogP contribution in [-0.2, 0) is 9.59 Å². The first-order valence-electron chi connectivity index (χ1n) is 6.17. The van der Waals surface area contributed by atoms with Crippen molar-refractivity contribution in [3.63, 3.8) is 0 Å². The van der Waals surface area contributed by atoms with E-state index in [1.807, 2.05) is 19.0 Å². The summed E-state index contributed by atoms with van der Waals surface area (Å²) in [4.78, 5) is 28.1. The highest BCUT2D eigenvalue weighted by Crippen LogP contribution is 2.32. The molecule has 1 amide bonds. The third-order valence-corrected chi connectivity index (χ3v) is 2.63. The van der Waals surface area contributed by atoms with Gasteiger partial charge in [0.05, 0.1) is 12.8 Å². The Hall–Kier alpha value is -2.31. The van der Waals surface area contributed by atoms with E-state index < -0.39 is 5.97 Å². The molecule has 0 spiro atoms. The minimum atomic E-state index is -0.911. The van der Waals surface area contributed by atoms with Gasteiger partial charge in [-0.15, -0.1) is 0 Å². The molecular formula is C13H19N3O4. The predicted octanol–water partition coefficient (Wildman–Crippen LogP) is 1.35. The number of carboxylic acids is 1. The summed E-state index contributed by atoms with van der Waals surface area (Å²) in [7, 11) is 5.16. The molecule has 1 heterocycles. The van der Waals surface area contributed by atoms with Crippen LogP contribution >= 0.6 is 0 Å². The fourth-order valence-electron chi connectivity index (χ4n) is 1.68. The Morgan fingerprint density at radius 2 is 2.10 bits per heavy atom. The van der Waals surface area contributed by atoms with Crippen LogP contribution in [0.5, 0.6) is 5.88 Å². The van der Waals surface area contributed by atoms with Gasteiger partial charge in [0.1, 0.15) is 5.69 Å². The van der Waals surface area contributed by atoms with E-state index in [0.29, 0.717) is 18.0 Å². The van der Waals surface area contributed by atoms with Crippen molar-refractivity contribution in [2.75, 3.05) is 31.4 Å². The number of aliphatic carboxylic acids is 1. The Kier molecular flexibility index (Phi) is 5.76. The van der Waals surface area contributed by atoms with Crippen molar-refractivity contribution in [1.29, 1.82) is 0 Å². The molecule has 1 aromatic heterocycles. The Labute approximate surface area is 117 Å². The van der Waals surface area contributed by atoms with E-state index in [1.165, 1.54) is 7.11 Å². The summed E-state index contributed by atoms with van der Waals surface area (Å²) in [6.45, 7) is 0. The summed E-state index contributed by atoms with van der Waals surface area (Å²) in [6, 6.07) is 1.76. The number of hydrogen-bond acceptors (Lipinski definition) is 5. The van der Waals surface area contributed by atoms with Crippen molar-refractivity contribution in [1.82, 2.24) is 4.98 Å². The maximum Gasteiger partial charge on any atom is 0.303 e. The molecule has 0 bridgehead atoms. The first-order valence-corrected chi connectivity index (χ1v) is 6.17. The van der Waals surface area contributed by atoms with Crippen molar-refractivity contribution >= 4 is 23.3 Å². The molecule has 1 rings (SSSR count). The van der Waals surface area contributed by atoms with Crippen LogP contribution in [0.1, 0.15) is 19.3 Å². The lowest BCUT2D eigenvalue weighted by molar-refractivity contribution is -0.137. The zero-order valence-corrected chi connectivity index (χ0v) is 11.8. The number of nitrogens with one attached hydrogen (secondary N) is 1. The number of pyridine rings is 1. The SMILES string of the molecule is COc1nccc(N(C)C)c1NC(=O)CCCC(=O)O. The Morgan fingerprint density at radius 3 is 2.65 bits per heavy atom. The van der Waals surface area contributed by atoms with Crippen molar-refractivity contribution in [2.45, 2.75) is 19.3 Å². The number of methoxy groups -OCH3 is 1. The zero-order chi connectivity index (χ0) is 15.1. The second kappa shape index (κ2) is 7.32. The predicted molar refractivity (Wildman–Crippen MR) is 75.2 cm³/mol. The molecule has 20 heavy (non-hydrogen) atoms. The van der Waals surface area contributed by atoms with Crippen molar-refractivity contribution < 1.29 is 19.4 Å². The average Bonchev–Trinajstić information content (AvgIpc) is 2.38. The van der Waals surface area contributed by atoms with Gasteiger partial charge in [-0.05, 0) is 12.5 Å². The van der Waals surface area contributed by atoms with E-state index in [-0.39, 0.29) is 18.7 Å². The van der Waals surface area contributed by atoms with Gasteiger partial charge in [0.25, 0.3) is 0 Å². The van der Waals surface area contributed by atoms with Crippen LogP contribution in [0.15, 0.2) is 12.3 Å². The standard InChI is InChI=1S/C13H19N3O4/c1-16(2)9-7-8-14-13(20-3)12(9)15-10(17)5-4-6-11(18)19/h7-8H,4-6H2,1-3H3,(H,15,17)(H,18,19). The summed E-state index contributed by atoms with van der Waals surface area (Å²) in [5.74, 6) is -0.853. The average molecular weight is 281 g/mol. The van der Waals surface area contributed by atoms with Gasteiger partial charge in [-0.2, -0.15) is 0 Å². The Balaban J connectivity index is 2.79.